The Hall–Kier alpha value is -1.41. The number of carbonyl (C=O) groups excluding carboxylic acids is 1. The van der Waals surface area contributed by atoms with Crippen molar-refractivity contribution in [1.82, 2.24) is 9.71 Å². The summed E-state index contributed by atoms with van der Waals surface area (Å²) < 4.78 is 27.9. The standard InChI is InChI=1S/C16H16Cl2N2O4S/c17-13-8-19-15(18)12-7-9(5-6-10(12)13)25(23,24)20-14-4-2-1-3-11(14)16(21)22/h5-8,11,14,20H,1-4H2,(H,21,22)/p-1. The molecule has 0 spiro atoms. The van der Waals surface area contributed by atoms with Crippen LogP contribution in [0.4, 0.5) is 0 Å². The number of fused-ring (bicyclic) bond motifs is 1. The second-order valence-electron chi connectivity index (χ2n) is 6.04. The monoisotopic (exact) mass is 401 g/mol. The lowest BCUT2D eigenvalue weighted by Crippen LogP contribution is -2.49. The van der Waals surface area contributed by atoms with Gasteiger partial charge >= 0.3 is 0 Å². The minimum absolute atomic E-state index is 0.0198. The first-order valence-electron chi connectivity index (χ1n) is 7.76. The molecule has 1 aromatic carbocycles. The number of hydrogen-bond donors (Lipinski definition) is 1. The summed E-state index contributed by atoms with van der Waals surface area (Å²) >= 11 is 12.1. The number of nitrogens with zero attached hydrogens (tertiary/aromatic N) is 1. The SMILES string of the molecule is O=C([O-])C1CCCCC1NS(=O)(=O)c1ccc2c(Cl)cnc(Cl)c2c1. The van der Waals surface area contributed by atoms with Gasteiger partial charge in [-0.05, 0) is 25.0 Å². The topological polar surface area (TPSA) is 99.2 Å². The molecule has 0 amide bonds. The Bertz CT molecular complexity index is 933. The molecule has 0 saturated heterocycles. The second-order valence-corrected chi connectivity index (χ2v) is 8.52. The predicted molar refractivity (Wildman–Crippen MR) is 92.8 cm³/mol. The fraction of sp³-hybridized carbons (Fsp3) is 0.375. The van der Waals surface area contributed by atoms with Gasteiger partial charge in [-0.3, -0.25) is 0 Å². The minimum Gasteiger partial charge on any atom is -0.550 e. The van der Waals surface area contributed by atoms with Gasteiger partial charge in [0.05, 0.1) is 9.92 Å². The summed E-state index contributed by atoms with van der Waals surface area (Å²) in [6.07, 6.45) is 3.76. The third-order valence-electron chi connectivity index (χ3n) is 4.45. The van der Waals surface area contributed by atoms with E-state index in [1.165, 1.54) is 18.3 Å². The molecule has 1 N–H and O–H groups in total. The number of carboxylic acids is 1. The Kier molecular flexibility index (Phi) is 5.20. The number of rotatable bonds is 4. The van der Waals surface area contributed by atoms with Crippen LogP contribution in [0.1, 0.15) is 25.7 Å². The normalized spacial score (nSPS) is 21.4. The van der Waals surface area contributed by atoms with Crippen LogP contribution < -0.4 is 9.83 Å². The molecule has 1 aliphatic rings. The first-order valence-corrected chi connectivity index (χ1v) is 10.0. The average molecular weight is 402 g/mol. The second kappa shape index (κ2) is 7.07. The highest BCUT2D eigenvalue weighted by atomic mass is 35.5. The molecular formula is C16H15Cl2N2O4S-. The summed E-state index contributed by atoms with van der Waals surface area (Å²) in [7, 11) is -3.92. The number of halogens is 2. The number of carboxylic acid groups (broad SMARTS) is 1. The van der Waals surface area contributed by atoms with Crippen LogP contribution in [0.3, 0.4) is 0 Å². The van der Waals surface area contributed by atoms with Crippen LogP contribution >= 0.6 is 23.2 Å². The van der Waals surface area contributed by atoms with Crippen LogP contribution in [0, 0.1) is 5.92 Å². The molecule has 9 heteroatoms. The highest BCUT2D eigenvalue weighted by Crippen LogP contribution is 2.31. The van der Waals surface area contributed by atoms with Crippen LogP contribution in [-0.2, 0) is 14.8 Å². The molecule has 0 aliphatic heterocycles. The van der Waals surface area contributed by atoms with E-state index in [9.17, 15) is 18.3 Å². The van der Waals surface area contributed by atoms with E-state index >= 15 is 0 Å². The maximum absolute atomic E-state index is 12.7. The number of pyridine rings is 1. The van der Waals surface area contributed by atoms with Crippen LogP contribution in [-0.4, -0.2) is 25.4 Å². The molecule has 1 heterocycles. The van der Waals surface area contributed by atoms with Crippen molar-refractivity contribution in [1.29, 1.82) is 0 Å². The lowest BCUT2D eigenvalue weighted by atomic mass is 9.85. The molecule has 134 valence electrons. The molecule has 6 nitrogen and oxygen atoms in total. The molecule has 1 aromatic heterocycles. The largest absolute Gasteiger partial charge is 0.550 e. The van der Waals surface area contributed by atoms with Gasteiger partial charge in [0.15, 0.2) is 0 Å². The van der Waals surface area contributed by atoms with Crippen LogP contribution in [0.5, 0.6) is 0 Å². The summed E-state index contributed by atoms with van der Waals surface area (Å²) in [5, 5.41) is 12.8. The lowest BCUT2D eigenvalue weighted by molar-refractivity contribution is -0.313. The number of aromatic nitrogens is 1. The van der Waals surface area contributed by atoms with Crippen molar-refractivity contribution in [2.24, 2.45) is 5.92 Å². The molecule has 25 heavy (non-hydrogen) atoms. The van der Waals surface area contributed by atoms with Gasteiger partial charge in [0.2, 0.25) is 10.0 Å². The number of aliphatic carboxylic acids is 1. The third-order valence-corrected chi connectivity index (χ3v) is 6.54. The summed E-state index contributed by atoms with van der Waals surface area (Å²) in [6.45, 7) is 0. The van der Waals surface area contributed by atoms with E-state index in [0.29, 0.717) is 28.6 Å². The maximum Gasteiger partial charge on any atom is 0.240 e. The zero-order valence-corrected chi connectivity index (χ0v) is 15.4. The molecule has 2 aromatic rings. The lowest BCUT2D eigenvalue weighted by Gasteiger charge is -2.32. The fourth-order valence-corrected chi connectivity index (χ4v) is 4.90. The fourth-order valence-electron chi connectivity index (χ4n) is 3.14. The van der Waals surface area contributed by atoms with E-state index in [4.69, 9.17) is 23.2 Å². The first kappa shape index (κ1) is 18.4. The number of sulfonamides is 1. The van der Waals surface area contributed by atoms with Gasteiger partial charge in [-0.2, -0.15) is 0 Å². The number of carbonyl (C=O) groups is 1. The third kappa shape index (κ3) is 3.74. The van der Waals surface area contributed by atoms with E-state index in [1.54, 1.807) is 6.07 Å². The van der Waals surface area contributed by atoms with E-state index < -0.39 is 28.0 Å². The Morgan fingerprint density at radius 1 is 1.20 bits per heavy atom. The van der Waals surface area contributed by atoms with Crippen molar-refractivity contribution in [2.75, 3.05) is 0 Å². The van der Waals surface area contributed by atoms with Crippen molar-refractivity contribution < 1.29 is 18.3 Å². The Balaban J connectivity index is 1.95. The Morgan fingerprint density at radius 2 is 1.92 bits per heavy atom. The number of benzene rings is 1. The van der Waals surface area contributed by atoms with Gasteiger partial charge in [0.1, 0.15) is 5.15 Å². The van der Waals surface area contributed by atoms with Gasteiger partial charge in [-0.15, -0.1) is 0 Å². The van der Waals surface area contributed by atoms with Gasteiger partial charge < -0.3 is 9.90 Å². The van der Waals surface area contributed by atoms with E-state index in [1.807, 2.05) is 0 Å². The molecule has 0 bridgehead atoms. The van der Waals surface area contributed by atoms with Crippen molar-refractivity contribution in [3.8, 4) is 0 Å². The van der Waals surface area contributed by atoms with E-state index in [-0.39, 0.29) is 10.0 Å². The summed E-state index contributed by atoms with van der Waals surface area (Å²) in [6, 6.07) is 3.66. The van der Waals surface area contributed by atoms with E-state index in [2.05, 4.69) is 9.71 Å². The molecule has 3 rings (SSSR count). The average Bonchev–Trinajstić information content (AvgIpc) is 2.58. The molecule has 1 saturated carbocycles. The molecule has 2 atom stereocenters. The molecule has 0 radical (unpaired) electrons. The summed E-state index contributed by atoms with van der Waals surface area (Å²) in [4.78, 5) is 15.2. The van der Waals surface area contributed by atoms with Crippen LogP contribution in [0.25, 0.3) is 10.8 Å². The molecule has 1 fully saturated rings. The highest BCUT2D eigenvalue weighted by molar-refractivity contribution is 7.89. The number of nitrogens with one attached hydrogen (secondary N) is 1. The predicted octanol–water partition coefficient (Wildman–Crippen LogP) is 2.13. The quantitative estimate of drug-likeness (QED) is 0.790. The highest BCUT2D eigenvalue weighted by Gasteiger charge is 2.30. The van der Waals surface area contributed by atoms with Crippen LogP contribution in [0.15, 0.2) is 29.3 Å². The van der Waals surface area contributed by atoms with Gasteiger partial charge in [0, 0.05) is 34.9 Å². The summed E-state index contributed by atoms with van der Waals surface area (Å²) in [5.74, 6) is -2.06. The van der Waals surface area contributed by atoms with Crippen molar-refractivity contribution >= 4 is 50.0 Å². The Morgan fingerprint density at radius 3 is 2.64 bits per heavy atom. The molecule has 1 aliphatic carbocycles. The maximum atomic E-state index is 12.7. The van der Waals surface area contributed by atoms with Crippen molar-refractivity contribution in [2.45, 2.75) is 36.6 Å². The van der Waals surface area contributed by atoms with Gasteiger partial charge in [-0.1, -0.05) is 42.1 Å². The van der Waals surface area contributed by atoms with Gasteiger partial charge in [-0.25, -0.2) is 18.1 Å². The van der Waals surface area contributed by atoms with Gasteiger partial charge in [0.25, 0.3) is 0 Å². The smallest absolute Gasteiger partial charge is 0.240 e. The molecule has 2 unspecified atom stereocenters. The van der Waals surface area contributed by atoms with Crippen molar-refractivity contribution in [3.63, 3.8) is 0 Å². The van der Waals surface area contributed by atoms with Crippen molar-refractivity contribution in [3.05, 3.63) is 34.6 Å². The Labute approximate surface area is 155 Å². The van der Waals surface area contributed by atoms with Crippen LogP contribution in [0.2, 0.25) is 10.2 Å². The minimum atomic E-state index is -3.92. The summed E-state index contributed by atoms with van der Waals surface area (Å²) in [5.41, 5.74) is 0. The zero-order chi connectivity index (χ0) is 18.2. The first-order chi connectivity index (χ1) is 11.8. The number of hydrogen-bond acceptors (Lipinski definition) is 5. The van der Waals surface area contributed by atoms with E-state index in [0.717, 1.165) is 12.8 Å². The molecular weight excluding hydrogens is 387 g/mol. The zero-order valence-electron chi connectivity index (χ0n) is 13.0.